The Hall–Kier alpha value is -3.36. The number of fused-ring (bicyclic) bond motifs is 1. The van der Waals surface area contributed by atoms with Gasteiger partial charge in [0.1, 0.15) is 0 Å². The lowest BCUT2D eigenvalue weighted by molar-refractivity contribution is 1.54. The average molecular weight is 450 g/mol. The Morgan fingerprint density at radius 3 is 2.03 bits per heavy atom. The monoisotopic (exact) mass is 449 g/mol. The highest BCUT2D eigenvalue weighted by atomic mass is 79.9. The second kappa shape index (κ2) is 8.17. The Labute approximate surface area is 185 Å². The molecule has 0 aromatic heterocycles. The Kier molecular flexibility index (Phi) is 5.08. The van der Waals surface area contributed by atoms with Crippen LogP contribution in [0.4, 0.5) is 11.4 Å². The van der Waals surface area contributed by atoms with E-state index in [1.165, 1.54) is 33.0 Å². The fourth-order valence-corrected chi connectivity index (χ4v) is 4.49. The third-order valence-electron chi connectivity index (χ3n) is 5.32. The molecule has 5 aromatic carbocycles. The predicted molar refractivity (Wildman–Crippen MR) is 132 cm³/mol. The molecule has 0 saturated carbocycles. The van der Waals surface area contributed by atoms with Crippen molar-refractivity contribution in [1.29, 1.82) is 0 Å². The van der Waals surface area contributed by atoms with Crippen LogP contribution in [0, 0.1) is 0 Å². The van der Waals surface area contributed by atoms with Gasteiger partial charge in [-0.25, -0.2) is 0 Å². The first-order valence-electron chi connectivity index (χ1n) is 9.99. The van der Waals surface area contributed by atoms with E-state index in [0.29, 0.717) is 0 Å². The highest BCUT2D eigenvalue weighted by Crippen LogP contribution is 2.40. The molecule has 0 saturated heterocycles. The molecule has 0 bridgehead atoms. The van der Waals surface area contributed by atoms with E-state index < -0.39 is 0 Å². The summed E-state index contributed by atoms with van der Waals surface area (Å²) >= 11 is 3.82. The molecule has 5 rings (SSSR count). The van der Waals surface area contributed by atoms with Crippen LogP contribution in [0.1, 0.15) is 0 Å². The van der Waals surface area contributed by atoms with Gasteiger partial charge in [0.15, 0.2) is 0 Å². The molecule has 2 heteroatoms. The molecule has 0 unspecified atom stereocenters. The SMILES string of the molecule is Brc1cc(-c2c(Nc3ccccc3)ccc3ccccc23)ccc1-c1ccccc1. The molecule has 1 nitrogen and oxygen atoms in total. The van der Waals surface area contributed by atoms with Crippen molar-refractivity contribution in [3.63, 3.8) is 0 Å². The van der Waals surface area contributed by atoms with Crippen LogP contribution in [0.2, 0.25) is 0 Å². The largest absolute Gasteiger partial charge is 0.355 e. The van der Waals surface area contributed by atoms with E-state index in [2.05, 4.69) is 112 Å². The van der Waals surface area contributed by atoms with E-state index in [9.17, 15) is 0 Å². The van der Waals surface area contributed by atoms with E-state index >= 15 is 0 Å². The number of hydrogen-bond donors (Lipinski definition) is 1. The molecule has 0 radical (unpaired) electrons. The van der Waals surface area contributed by atoms with Gasteiger partial charge < -0.3 is 5.32 Å². The first-order chi connectivity index (χ1) is 14.8. The number of nitrogens with one attached hydrogen (secondary N) is 1. The molecule has 144 valence electrons. The summed E-state index contributed by atoms with van der Waals surface area (Å²) in [5.74, 6) is 0. The van der Waals surface area contributed by atoms with Crippen molar-refractivity contribution in [1.82, 2.24) is 0 Å². The normalized spacial score (nSPS) is 10.8. The molecule has 30 heavy (non-hydrogen) atoms. The number of anilines is 2. The maximum atomic E-state index is 3.82. The van der Waals surface area contributed by atoms with Crippen molar-refractivity contribution < 1.29 is 0 Å². The fraction of sp³-hybridized carbons (Fsp3) is 0. The van der Waals surface area contributed by atoms with Crippen LogP contribution in [0.3, 0.4) is 0 Å². The topological polar surface area (TPSA) is 12.0 Å². The summed E-state index contributed by atoms with van der Waals surface area (Å²) in [4.78, 5) is 0. The minimum absolute atomic E-state index is 1.08. The van der Waals surface area contributed by atoms with Gasteiger partial charge in [-0.05, 0) is 51.7 Å². The maximum absolute atomic E-state index is 3.82. The standard InChI is InChI=1S/C28H20BrN/c29-26-19-22(15-17-24(26)20-9-3-1-4-10-20)28-25-14-8-7-11-21(25)16-18-27(28)30-23-12-5-2-6-13-23/h1-19,30H. The van der Waals surface area contributed by atoms with E-state index in [1.807, 2.05) is 24.3 Å². The third-order valence-corrected chi connectivity index (χ3v) is 5.98. The van der Waals surface area contributed by atoms with Crippen LogP contribution in [0.15, 0.2) is 120 Å². The first kappa shape index (κ1) is 18.7. The molecule has 0 aliphatic carbocycles. The predicted octanol–water partition coefficient (Wildman–Crippen LogP) is 8.68. The average Bonchev–Trinajstić information content (AvgIpc) is 2.80. The molecule has 0 heterocycles. The minimum Gasteiger partial charge on any atom is -0.355 e. The van der Waals surface area contributed by atoms with Gasteiger partial charge in [0, 0.05) is 21.4 Å². The number of para-hydroxylation sites is 1. The highest BCUT2D eigenvalue weighted by Gasteiger charge is 2.13. The van der Waals surface area contributed by atoms with Crippen molar-refractivity contribution in [3.8, 4) is 22.3 Å². The summed E-state index contributed by atoms with van der Waals surface area (Å²) in [5, 5.41) is 6.08. The lowest BCUT2D eigenvalue weighted by Gasteiger charge is -2.17. The second-order valence-corrected chi connectivity index (χ2v) is 8.12. The van der Waals surface area contributed by atoms with Crippen LogP contribution in [-0.4, -0.2) is 0 Å². The van der Waals surface area contributed by atoms with Crippen molar-refractivity contribution in [2.75, 3.05) is 5.32 Å². The van der Waals surface area contributed by atoms with Gasteiger partial charge in [0.25, 0.3) is 0 Å². The highest BCUT2D eigenvalue weighted by molar-refractivity contribution is 9.10. The zero-order valence-corrected chi connectivity index (χ0v) is 17.9. The molecule has 0 spiro atoms. The summed E-state index contributed by atoms with van der Waals surface area (Å²) in [6.07, 6.45) is 0. The van der Waals surface area contributed by atoms with Crippen LogP contribution >= 0.6 is 15.9 Å². The summed E-state index contributed by atoms with van der Waals surface area (Å²) in [6, 6.07) is 40.3. The smallest absolute Gasteiger partial charge is 0.0470 e. The second-order valence-electron chi connectivity index (χ2n) is 7.26. The maximum Gasteiger partial charge on any atom is 0.0470 e. The Morgan fingerprint density at radius 2 is 1.27 bits per heavy atom. The van der Waals surface area contributed by atoms with E-state index in [1.54, 1.807) is 0 Å². The van der Waals surface area contributed by atoms with Gasteiger partial charge in [0.2, 0.25) is 0 Å². The molecule has 0 fully saturated rings. The van der Waals surface area contributed by atoms with Gasteiger partial charge in [-0.1, -0.05) is 107 Å². The zero-order valence-electron chi connectivity index (χ0n) is 16.3. The van der Waals surface area contributed by atoms with E-state index in [0.717, 1.165) is 15.8 Å². The van der Waals surface area contributed by atoms with Crippen LogP contribution < -0.4 is 5.32 Å². The summed E-state index contributed by atoms with van der Waals surface area (Å²) in [5.41, 5.74) is 6.95. The lowest BCUT2D eigenvalue weighted by atomic mass is 9.94. The van der Waals surface area contributed by atoms with E-state index in [4.69, 9.17) is 0 Å². The van der Waals surface area contributed by atoms with Crippen molar-refractivity contribution in [2.45, 2.75) is 0 Å². The summed E-state index contributed by atoms with van der Waals surface area (Å²) in [7, 11) is 0. The summed E-state index contributed by atoms with van der Waals surface area (Å²) < 4.78 is 1.09. The zero-order chi connectivity index (χ0) is 20.3. The molecule has 0 aliphatic rings. The molecular weight excluding hydrogens is 430 g/mol. The van der Waals surface area contributed by atoms with Crippen molar-refractivity contribution in [2.24, 2.45) is 0 Å². The number of rotatable bonds is 4. The molecule has 0 aliphatic heterocycles. The number of benzene rings is 5. The Bertz CT molecular complexity index is 1310. The minimum atomic E-state index is 1.08. The van der Waals surface area contributed by atoms with Crippen molar-refractivity contribution in [3.05, 3.63) is 120 Å². The van der Waals surface area contributed by atoms with E-state index in [-0.39, 0.29) is 0 Å². The van der Waals surface area contributed by atoms with Crippen LogP contribution in [-0.2, 0) is 0 Å². The number of halogens is 1. The molecule has 0 amide bonds. The van der Waals surface area contributed by atoms with Crippen LogP contribution in [0.5, 0.6) is 0 Å². The summed E-state index contributed by atoms with van der Waals surface area (Å²) in [6.45, 7) is 0. The van der Waals surface area contributed by atoms with Gasteiger partial charge in [-0.2, -0.15) is 0 Å². The molecule has 5 aromatic rings. The quantitative estimate of drug-likeness (QED) is 0.289. The molecular formula is C28H20BrN. The fourth-order valence-electron chi connectivity index (χ4n) is 3.89. The van der Waals surface area contributed by atoms with Crippen LogP contribution in [0.25, 0.3) is 33.0 Å². The van der Waals surface area contributed by atoms with Crippen molar-refractivity contribution >= 4 is 38.1 Å². The first-order valence-corrected chi connectivity index (χ1v) is 10.8. The lowest BCUT2D eigenvalue weighted by Crippen LogP contribution is -1.95. The van der Waals surface area contributed by atoms with Gasteiger partial charge in [-0.3, -0.25) is 0 Å². The Balaban J connectivity index is 1.67. The molecule has 1 N–H and O–H groups in total. The third kappa shape index (κ3) is 3.62. The van der Waals surface area contributed by atoms with Gasteiger partial charge in [0.05, 0.1) is 0 Å². The van der Waals surface area contributed by atoms with Gasteiger partial charge >= 0.3 is 0 Å². The number of hydrogen-bond acceptors (Lipinski definition) is 1. The molecule has 0 atom stereocenters. The Morgan fingerprint density at radius 1 is 0.567 bits per heavy atom. The van der Waals surface area contributed by atoms with Gasteiger partial charge in [-0.15, -0.1) is 0 Å².